The van der Waals surface area contributed by atoms with E-state index in [1.54, 1.807) is 6.20 Å². The average molecular weight is 222 g/mol. The first-order valence-electron chi connectivity index (χ1n) is 5.27. The number of pyridine rings is 1. The first kappa shape index (κ1) is 12.4. The lowest BCUT2D eigenvalue weighted by Gasteiger charge is -2.18. The van der Waals surface area contributed by atoms with Gasteiger partial charge in [0.05, 0.1) is 5.69 Å². The standard InChI is InChI=1S/C11H18N4O/c1-8(7-11(12)15-16)14-9(2)10-5-3-4-6-13-10/h3-6,8-9,14,16H,7H2,1-2H3,(H2,12,15). The monoisotopic (exact) mass is 222 g/mol. The first-order valence-corrected chi connectivity index (χ1v) is 5.27. The van der Waals surface area contributed by atoms with Crippen LogP contribution >= 0.6 is 0 Å². The van der Waals surface area contributed by atoms with Crippen LogP contribution in [-0.2, 0) is 0 Å². The Bertz CT molecular complexity index is 339. The number of nitrogens with zero attached hydrogens (tertiary/aromatic N) is 2. The third-order valence-corrected chi connectivity index (χ3v) is 2.31. The lowest BCUT2D eigenvalue weighted by molar-refractivity contribution is 0.315. The van der Waals surface area contributed by atoms with Gasteiger partial charge >= 0.3 is 0 Å². The molecule has 1 heterocycles. The molecular formula is C11H18N4O. The van der Waals surface area contributed by atoms with Crippen LogP contribution in [0.25, 0.3) is 0 Å². The van der Waals surface area contributed by atoms with Crippen molar-refractivity contribution in [3.05, 3.63) is 30.1 Å². The van der Waals surface area contributed by atoms with Crippen LogP contribution in [0.1, 0.15) is 32.0 Å². The fourth-order valence-electron chi connectivity index (χ4n) is 1.56. The van der Waals surface area contributed by atoms with E-state index in [1.165, 1.54) is 0 Å². The van der Waals surface area contributed by atoms with Gasteiger partial charge in [-0.3, -0.25) is 4.98 Å². The van der Waals surface area contributed by atoms with Gasteiger partial charge in [0.25, 0.3) is 0 Å². The third-order valence-electron chi connectivity index (χ3n) is 2.31. The van der Waals surface area contributed by atoms with E-state index in [4.69, 9.17) is 10.9 Å². The van der Waals surface area contributed by atoms with Crippen molar-refractivity contribution in [2.24, 2.45) is 10.9 Å². The Kier molecular flexibility index (Phi) is 4.72. The van der Waals surface area contributed by atoms with E-state index in [2.05, 4.69) is 15.5 Å². The SMILES string of the molecule is CC(CC(N)=NO)NC(C)c1ccccn1. The summed E-state index contributed by atoms with van der Waals surface area (Å²) in [6, 6.07) is 6.08. The largest absolute Gasteiger partial charge is 0.409 e. The molecule has 1 aromatic heterocycles. The van der Waals surface area contributed by atoms with Crippen molar-refractivity contribution in [2.45, 2.75) is 32.4 Å². The molecule has 0 saturated carbocycles. The number of rotatable bonds is 5. The zero-order valence-electron chi connectivity index (χ0n) is 9.59. The Hall–Kier alpha value is -1.62. The fourth-order valence-corrected chi connectivity index (χ4v) is 1.56. The molecule has 0 bridgehead atoms. The van der Waals surface area contributed by atoms with Crippen molar-refractivity contribution < 1.29 is 5.21 Å². The first-order chi connectivity index (χ1) is 7.63. The van der Waals surface area contributed by atoms with Crippen molar-refractivity contribution in [2.75, 3.05) is 0 Å². The number of aromatic nitrogens is 1. The van der Waals surface area contributed by atoms with Gasteiger partial charge in [-0.1, -0.05) is 11.2 Å². The number of nitrogens with two attached hydrogens (primary N) is 1. The van der Waals surface area contributed by atoms with E-state index >= 15 is 0 Å². The summed E-state index contributed by atoms with van der Waals surface area (Å²) in [6.45, 7) is 4.02. The maximum absolute atomic E-state index is 8.46. The van der Waals surface area contributed by atoms with Crippen LogP contribution in [-0.4, -0.2) is 22.1 Å². The number of hydrogen-bond donors (Lipinski definition) is 3. The minimum Gasteiger partial charge on any atom is -0.409 e. The summed E-state index contributed by atoms with van der Waals surface area (Å²) in [4.78, 5) is 4.26. The molecule has 1 rings (SSSR count). The van der Waals surface area contributed by atoms with Gasteiger partial charge in [-0.15, -0.1) is 0 Å². The van der Waals surface area contributed by atoms with Gasteiger partial charge in [0, 0.05) is 24.7 Å². The van der Waals surface area contributed by atoms with E-state index in [-0.39, 0.29) is 17.9 Å². The number of nitrogens with one attached hydrogen (secondary N) is 1. The Morgan fingerprint density at radius 1 is 1.56 bits per heavy atom. The highest BCUT2D eigenvalue weighted by molar-refractivity contribution is 5.80. The molecule has 5 nitrogen and oxygen atoms in total. The molecule has 0 aliphatic carbocycles. The quantitative estimate of drug-likeness (QED) is 0.303. The number of amidine groups is 1. The molecule has 5 heteroatoms. The van der Waals surface area contributed by atoms with Crippen LogP contribution in [0.4, 0.5) is 0 Å². The summed E-state index contributed by atoms with van der Waals surface area (Å²) in [6.07, 6.45) is 2.27. The molecule has 0 aromatic carbocycles. The van der Waals surface area contributed by atoms with Crippen LogP contribution < -0.4 is 11.1 Å². The molecular weight excluding hydrogens is 204 g/mol. The van der Waals surface area contributed by atoms with Crippen molar-refractivity contribution in [1.82, 2.24) is 10.3 Å². The molecule has 2 atom stereocenters. The molecule has 0 fully saturated rings. The molecule has 0 amide bonds. The Labute approximate surface area is 95.4 Å². The third kappa shape index (κ3) is 3.86. The molecule has 2 unspecified atom stereocenters. The number of oxime groups is 1. The summed E-state index contributed by atoms with van der Waals surface area (Å²) in [5, 5.41) is 14.7. The van der Waals surface area contributed by atoms with Gasteiger partial charge in [0.2, 0.25) is 0 Å². The lowest BCUT2D eigenvalue weighted by atomic mass is 10.1. The molecule has 1 aromatic rings. The molecule has 0 spiro atoms. The predicted molar refractivity (Wildman–Crippen MR) is 63.3 cm³/mol. The number of hydrogen-bond acceptors (Lipinski definition) is 4. The second-order valence-electron chi connectivity index (χ2n) is 3.84. The van der Waals surface area contributed by atoms with E-state index in [1.807, 2.05) is 32.0 Å². The Morgan fingerprint density at radius 2 is 2.31 bits per heavy atom. The van der Waals surface area contributed by atoms with Crippen molar-refractivity contribution in [3.63, 3.8) is 0 Å². The minimum absolute atomic E-state index is 0.132. The fraction of sp³-hybridized carbons (Fsp3) is 0.455. The second-order valence-corrected chi connectivity index (χ2v) is 3.84. The maximum Gasteiger partial charge on any atom is 0.140 e. The topological polar surface area (TPSA) is 83.5 Å². The molecule has 0 aliphatic heterocycles. The summed E-state index contributed by atoms with van der Waals surface area (Å²) in [5.74, 6) is 0.230. The molecule has 4 N–H and O–H groups in total. The van der Waals surface area contributed by atoms with Crippen LogP contribution in [0.2, 0.25) is 0 Å². The zero-order chi connectivity index (χ0) is 12.0. The van der Waals surface area contributed by atoms with Gasteiger partial charge < -0.3 is 16.3 Å². The van der Waals surface area contributed by atoms with Crippen LogP contribution in [0.15, 0.2) is 29.6 Å². The Balaban J connectivity index is 2.48. The average Bonchev–Trinajstić information content (AvgIpc) is 2.29. The highest BCUT2D eigenvalue weighted by Crippen LogP contribution is 2.09. The lowest BCUT2D eigenvalue weighted by Crippen LogP contribution is -2.33. The van der Waals surface area contributed by atoms with Gasteiger partial charge in [-0.05, 0) is 26.0 Å². The summed E-state index contributed by atoms with van der Waals surface area (Å²) in [5.41, 5.74) is 6.41. The van der Waals surface area contributed by atoms with Gasteiger partial charge in [0.1, 0.15) is 5.84 Å². The van der Waals surface area contributed by atoms with Gasteiger partial charge in [-0.25, -0.2) is 0 Å². The van der Waals surface area contributed by atoms with Crippen LogP contribution in [0, 0.1) is 0 Å². The van der Waals surface area contributed by atoms with Crippen molar-refractivity contribution in [1.29, 1.82) is 0 Å². The van der Waals surface area contributed by atoms with Crippen LogP contribution in [0.3, 0.4) is 0 Å². The Morgan fingerprint density at radius 3 is 2.88 bits per heavy atom. The highest BCUT2D eigenvalue weighted by Gasteiger charge is 2.11. The minimum atomic E-state index is 0.132. The maximum atomic E-state index is 8.46. The molecule has 16 heavy (non-hydrogen) atoms. The zero-order valence-corrected chi connectivity index (χ0v) is 9.59. The molecule has 88 valence electrons. The molecule has 0 saturated heterocycles. The summed E-state index contributed by atoms with van der Waals surface area (Å²) in [7, 11) is 0. The van der Waals surface area contributed by atoms with Gasteiger partial charge in [-0.2, -0.15) is 0 Å². The van der Waals surface area contributed by atoms with E-state index in [9.17, 15) is 0 Å². The predicted octanol–water partition coefficient (Wildman–Crippen LogP) is 1.26. The van der Waals surface area contributed by atoms with Crippen molar-refractivity contribution >= 4 is 5.84 Å². The van der Waals surface area contributed by atoms with Gasteiger partial charge in [0.15, 0.2) is 0 Å². The molecule has 0 aliphatic rings. The molecule has 0 radical (unpaired) electrons. The van der Waals surface area contributed by atoms with E-state index in [0.29, 0.717) is 6.42 Å². The smallest absolute Gasteiger partial charge is 0.140 e. The van der Waals surface area contributed by atoms with E-state index < -0.39 is 0 Å². The highest BCUT2D eigenvalue weighted by atomic mass is 16.4. The van der Waals surface area contributed by atoms with E-state index in [0.717, 1.165) is 5.69 Å². The van der Waals surface area contributed by atoms with Crippen molar-refractivity contribution in [3.8, 4) is 0 Å². The summed E-state index contributed by atoms with van der Waals surface area (Å²) >= 11 is 0. The summed E-state index contributed by atoms with van der Waals surface area (Å²) < 4.78 is 0. The van der Waals surface area contributed by atoms with Crippen LogP contribution in [0.5, 0.6) is 0 Å². The second kappa shape index (κ2) is 6.07. The normalized spacial score (nSPS) is 15.8.